The third-order valence-corrected chi connectivity index (χ3v) is 2.37. The second-order valence-corrected chi connectivity index (χ2v) is 3.94. The van der Waals surface area contributed by atoms with Crippen LogP contribution in [0.25, 0.3) is 0 Å². The molecule has 0 aromatic heterocycles. The van der Waals surface area contributed by atoms with Gasteiger partial charge in [-0.2, -0.15) is 0 Å². The van der Waals surface area contributed by atoms with Crippen LogP contribution in [0, 0.1) is 0 Å². The molecule has 0 spiro atoms. The number of nitrogens with zero attached hydrogens (tertiary/aromatic N) is 1. The molecule has 1 aromatic rings. The zero-order chi connectivity index (χ0) is 12.1. The lowest BCUT2D eigenvalue weighted by molar-refractivity contribution is 1.04. The molecule has 2 rings (SSSR count). The molecule has 2 N–H and O–H groups in total. The highest BCUT2D eigenvalue weighted by Crippen LogP contribution is 2.11. The molecule has 17 heavy (non-hydrogen) atoms. The van der Waals surface area contributed by atoms with E-state index < -0.39 is 0 Å². The first-order valence-corrected chi connectivity index (χ1v) is 5.84. The Balaban J connectivity index is 2.14. The maximum Gasteiger partial charge on any atom is 0.205 e. The molecule has 3 heteroatoms. The molecule has 0 radical (unpaired) electrons. The van der Waals surface area contributed by atoms with Crippen molar-refractivity contribution >= 4 is 11.6 Å². The van der Waals surface area contributed by atoms with Crippen molar-refractivity contribution < 1.29 is 0 Å². The van der Waals surface area contributed by atoms with Gasteiger partial charge in [0, 0.05) is 11.4 Å². The second-order valence-electron chi connectivity index (χ2n) is 3.94. The first-order valence-electron chi connectivity index (χ1n) is 5.84. The van der Waals surface area contributed by atoms with E-state index in [1.165, 1.54) is 0 Å². The first kappa shape index (κ1) is 11.5. The van der Waals surface area contributed by atoms with Crippen LogP contribution in [-0.2, 0) is 0 Å². The standard InChI is InChI=1S/C14H17N3/c1-3-7-13-10-11(2)15-14(17-13)16-12-8-5-4-6-9-12/h4-10H,3H2,1-2H3,(H2,15,16,17). The maximum absolute atomic E-state index is 4.50. The number of anilines is 1. The van der Waals surface area contributed by atoms with Crippen molar-refractivity contribution in [3.8, 4) is 0 Å². The summed E-state index contributed by atoms with van der Waals surface area (Å²) >= 11 is 0. The molecule has 0 unspecified atom stereocenters. The number of nitrogens with one attached hydrogen (secondary N) is 2. The topological polar surface area (TPSA) is 36.4 Å². The second kappa shape index (κ2) is 5.34. The third-order valence-electron chi connectivity index (χ3n) is 2.37. The van der Waals surface area contributed by atoms with E-state index in [1.54, 1.807) is 0 Å². The van der Waals surface area contributed by atoms with E-state index in [9.17, 15) is 0 Å². The largest absolute Gasteiger partial charge is 0.330 e. The molecule has 0 fully saturated rings. The van der Waals surface area contributed by atoms with Gasteiger partial charge in [0.1, 0.15) is 0 Å². The molecule has 0 bridgehead atoms. The van der Waals surface area contributed by atoms with E-state index in [-0.39, 0.29) is 0 Å². The zero-order valence-electron chi connectivity index (χ0n) is 10.2. The van der Waals surface area contributed by atoms with Crippen LogP contribution in [0.5, 0.6) is 0 Å². The average molecular weight is 227 g/mol. The lowest BCUT2D eigenvalue weighted by Crippen LogP contribution is -2.31. The van der Waals surface area contributed by atoms with E-state index >= 15 is 0 Å². The van der Waals surface area contributed by atoms with Gasteiger partial charge in [0.15, 0.2) is 0 Å². The number of rotatable bonds is 2. The molecule has 3 nitrogen and oxygen atoms in total. The van der Waals surface area contributed by atoms with E-state index in [0.29, 0.717) is 0 Å². The van der Waals surface area contributed by atoms with E-state index in [2.05, 4.69) is 28.6 Å². The van der Waals surface area contributed by atoms with Crippen molar-refractivity contribution in [3.63, 3.8) is 0 Å². The van der Waals surface area contributed by atoms with Crippen LogP contribution in [0.1, 0.15) is 20.3 Å². The predicted octanol–water partition coefficient (Wildman–Crippen LogP) is 3.26. The number of hydrogen-bond donors (Lipinski definition) is 2. The van der Waals surface area contributed by atoms with E-state index in [4.69, 9.17) is 0 Å². The van der Waals surface area contributed by atoms with Crippen LogP contribution < -0.4 is 10.6 Å². The molecule has 0 saturated heterocycles. The van der Waals surface area contributed by atoms with Gasteiger partial charge in [0.25, 0.3) is 0 Å². The van der Waals surface area contributed by atoms with Crippen LogP contribution in [0.3, 0.4) is 0 Å². The third kappa shape index (κ3) is 3.21. The highest BCUT2D eigenvalue weighted by atomic mass is 15.2. The van der Waals surface area contributed by atoms with Gasteiger partial charge >= 0.3 is 0 Å². The van der Waals surface area contributed by atoms with E-state index in [0.717, 1.165) is 29.5 Å². The maximum atomic E-state index is 4.50. The van der Waals surface area contributed by atoms with E-state index in [1.807, 2.05) is 43.3 Å². The summed E-state index contributed by atoms with van der Waals surface area (Å²) in [6.45, 7) is 4.14. The fraction of sp³-hybridized carbons (Fsp3) is 0.214. The zero-order valence-corrected chi connectivity index (χ0v) is 10.2. The van der Waals surface area contributed by atoms with Crippen molar-refractivity contribution in [2.45, 2.75) is 20.3 Å². The van der Waals surface area contributed by atoms with Gasteiger partial charge < -0.3 is 10.6 Å². The minimum Gasteiger partial charge on any atom is -0.330 e. The van der Waals surface area contributed by atoms with Crippen LogP contribution in [0.15, 0.2) is 58.9 Å². The number of guanidine groups is 1. The minimum absolute atomic E-state index is 0.774. The Labute approximate surface area is 102 Å². The lowest BCUT2D eigenvalue weighted by Gasteiger charge is -2.17. The number of allylic oxidation sites excluding steroid dienone is 3. The Kier molecular flexibility index (Phi) is 3.60. The Bertz CT molecular complexity index is 470. The fourth-order valence-corrected chi connectivity index (χ4v) is 1.67. The average Bonchev–Trinajstić information content (AvgIpc) is 2.30. The molecule has 88 valence electrons. The summed E-state index contributed by atoms with van der Waals surface area (Å²) in [4.78, 5) is 4.50. The first-order chi connectivity index (χ1) is 8.28. The molecular weight excluding hydrogens is 210 g/mol. The van der Waals surface area contributed by atoms with Crippen molar-refractivity contribution in [2.24, 2.45) is 4.99 Å². The Morgan fingerprint density at radius 2 is 2.06 bits per heavy atom. The number of aliphatic imine (C=N–C) groups is 1. The molecule has 1 aliphatic heterocycles. The summed E-state index contributed by atoms with van der Waals surface area (Å²) in [6, 6.07) is 10.0. The molecular formula is C14H17N3. The molecule has 1 aromatic carbocycles. The Morgan fingerprint density at radius 1 is 1.29 bits per heavy atom. The van der Waals surface area contributed by atoms with Crippen molar-refractivity contribution in [3.05, 3.63) is 53.9 Å². The highest BCUT2D eigenvalue weighted by Gasteiger charge is 2.06. The van der Waals surface area contributed by atoms with Gasteiger partial charge in [-0.05, 0) is 31.6 Å². The minimum atomic E-state index is 0.774. The Hall–Kier alpha value is -2.03. The normalized spacial score (nSPS) is 17.2. The predicted molar refractivity (Wildman–Crippen MR) is 72.8 cm³/mol. The van der Waals surface area contributed by atoms with Gasteiger partial charge in [-0.15, -0.1) is 0 Å². The van der Waals surface area contributed by atoms with Gasteiger partial charge in [0.05, 0.1) is 5.70 Å². The van der Waals surface area contributed by atoms with Crippen LogP contribution in [-0.4, -0.2) is 5.96 Å². The number of hydrogen-bond acceptors (Lipinski definition) is 3. The SMILES string of the molecule is CCC=C1C=C(C)NC(Nc2ccccc2)=N1. The van der Waals surface area contributed by atoms with Gasteiger partial charge in [0.2, 0.25) is 5.96 Å². The van der Waals surface area contributed by atoms with Crippen molar-refractivity contribution in [2.75, 3.05) is 5.32 Å². The monoisotopic (exact) mass is 227 g/mol. The smallest absolute Gasteiger partial charge is 0.205 e. The molecule has 0 atom stereocenters. The van der Waals surface area contributed by atoms with Crippen LogP contribution in [0.2, 0.25) is 0 Å². The van der Waals surface area contributed by atoms with Crippen molar-refractivity contribution in [1.29, 1.82) is 0 Å². The number of benzene rings is 1. The van der Waals surface area contributed by atoms with Crippen LogP contribution >= 0.6 is 0 Å². The summed E-state index contributed by atoms with van der Waals surface area (Å²) in [7, 11) is 0. The Morgan fingerprint density at radius 3 is 2.76 bits per heavy atom. The summed E-state index contributed by atoms with van der Waals surface area (Å²) in [5.74, 6) is 0.774. The molecule has 1 aliphatic rings. The lowest BCUT2D eigenvalue weighted by atomic mass is 10.2. The van der Waals surface area contributed by atoms with Gasteiger partial charge in [-0.3, -0.25) is 0 Å². The molecule has 0 amide bonds. The van der Waals surface area contributed by atoms with Crippen molar-refractivity contribution in [1.82, 2.24) is 5.32 Å². The summed E-state index contributed by atoms with van der Waals surface area (Å²) in [6.07, 6.45) is 5.14. The summed E-state index contributed by atoms with van der Waals surface area (Å²) < 4.78 is 0. The fourth-order valence-electron chi connectivity index (χ4n) is 1.67. The van der Waals surface area contributed by atoms with Crippen LogP contribution in [0.4, 0.5) is 5.69 Å². The quantitative estimate of drug-likeness (QED) is 0.813. The van der Waals surface area contributed by atoms with Gasteiger partial charge in [-0.1, -0.05) is 31.2 Å². The molecule has 0 saturated carbocycles. The highest BCUT2D eigenvalue weighted by molar-refractivity contribution is 5.96. The summed E-state index contributed by atoms with van der Waals surface area (Å²) in [5, 5.41) is 6.47. The van der Waals surface area contributed by atoms with Gasteiger partial charge in [-0.25, -0.2) is 4.99 Å². The molecule has 1 heterocycles. The summed E-state index contributed by atoms with van der Waals surface area (Å²) in [5.41, 5.74) is 3.13. The number of para-hydroxylation sites is 1. The molecule has 0 aliphatic carbocycles.